The largest absolute Gasteiger partial charge is 0.339 e. The fraction of sp³-hybridized carbons (Fsp3) is 0.385. The van der Waals surface area contributed by atoms with Crippen molar-refractivity contribution in [1.82, 2.24) is 15.5 Å². The molecule has 0 unspecified atom stereocenters. The first-order chi connectivity index (χ1) is 8.65. The van der Waals surface area contributed by atoms with Crippen molar-refractivity contribution < 1.29 is 4.52 Å². The van der Waals surface area contributed by atoms with Crippen LogP contribution in [0.4, 0.5) is 0 Å². The van der Waals surface area contributed by atoms with Gasteiger partial charge in [-0.1, -0.05) is 30.6 Å². The van der Waals surface area contributed by atoms with Crippen LogP contribution in [0.1, 0.15) is 19.7 Å². The summed E-state index contributed by atoms with van der Waals surface area (Å²) in [5, 5.41) is 7.96. The Labute approximate surface area is 111 Å². The summed E-state index contributed by atoms with van der Waals surface area (Å²) in [6.07, 6.45) is 0.735. The molecule has 4 nitrogen and oxygen atoms in total. The van der Waals surface area contributed by atoms with Gasteiger partial charge in [0, 0.05) is 29.6 Å². The van der Waals surface area contributed by atoms with Crippen molar-refractivity contribution in [2.24, 2.45) is 0 Å². The molecule has 18 heavy (non-hydrogen) atoms. The van der Waals surface area contributed by atoms with Crippen molar-refractivity contribution in [3.63, 3.8) is 0 Å². The van der Waals surface area contributed by atoms with E-state index in [1.54, 1.807) is 0 Å². The van der Waals surface area contributed by atoms with E-state index in [0.29, 0.717) is 22.8 Å². The van der Waals surface area contributed by atoms with Crippen molar-refractivity contribution >= 4 is 11.6 Å². The van der Waals surface area contributed by atoms with Crippen molar-refractivity contribution in [2.75, 3.05) is 6.54 Å². The standard InChI is InChI=1S/C13H16ClN3O/c1-9(2)15-8-7-12-16-13(17-18-12)10-3-5-11(14)6-4-10/h3-6,9,15H,7-8H2,1-2H3. The molecule has 96 valence electrons. The third-order valence-electron chi connectivity index (χ3n) is 2.46. The Bertz CT molecular complexity index is 493. The first kappa shape index (κ1) is 13.1. The Hall–Kier alpha value is -1.39. The van der Waals surface area contributed by atoms with Crippen molar-refractivity contribution in [2.45, 2.75) is 26.3 Å². The summed E-state index contributed by atoms with van der Waals surface area (Å²) in [6, 6.07) is 7.84. The highest BCUT2D eigenvalue weighted by molar-refractivity contribution is 6.30. The SMILES string of the molecule is CC(C)NCCc1nc(-c2ccc(Cl)cc2)no1. The number of nitrogens with one attached hydrogen (secondary N) is 1. The van der Waals surface area contributed by atoms with Gasteiger partial charge in [0.25, 0.3) is 0 Å². The van der Waals surface area contributed by atoms with E-state index in [1.165, 1.54) is 0 Å². The van der Waals surface area contributed by atoms with Crippen molar-refractivity contribution in [3.05, 3.63) is 35.2 Å². The van der Waals surface area contributed by atoms with Gasteiger partial charge in [-0.15, -0.1) is 0 Å². The predicted octanol–water partition coefficient (Wildman–Crippen LogP) is 2.93. The van der Waals surface area contributed by atoms with Crippen molar-refractivity contribution in [3.8, 4) is 11.4 Å². The van der Waals surface area contributed by atoms with Crippen LogP contribution < -0.4 is 5.32 Å². The van der Waals surface area contributed by atoms with Gasteiger partial charge < -0.3 is 9.84 Å². The topological polar surface area (TPSA) is 51.0 Å². The van der Waals surface area contributed by atoms with E-state index >= 15 is 0 Å². The van der Waals surface area contributed by atoms with Crippen LogP contribution in [-0.4, -0.2) is 22.7 Å². The number of benzene rings is 1. The number of hydrogen-bond acceptors (Lipinski definition) is 4. The van der Waals surface area contributed by atoms with Crippen LogP contribution in [0.25, 0.3) is 11.4 Å². The van der Waals surface area contributed by atoms with Crippen LogP contribution in [0.15, 0.2) is 28.8 Å². The van der Waals surface area contributed by atoms with Gasteiger partial charge in [-0.3, -0.25) is 0 Å². The van der Waals surface area contributed by atoms with E-state index in [0.717, 1.165) is 18.5 Å². The zero-order chi connectivity index (χ0) is 13.0. The fourth-order valence-corrected chi connectivity index (χ4v) is 1.67. The van der Waals surface area contributed by atoms with E-state index in [4.69, 9.17) is 16.1 Å². The second kappa shape index (κ2) is 5.98. The highest BCUT2D eigenvalue weighted by Crippen LogP contribution is 2.18. The molecule has 1 heterocycles. The Morgan fingerprint density at radius 2 is 2.00 bits per heavy atom. The molecule has 1 aromatic carbocycles. The lowest BCUT2D eigenvalue weighted by molar-refractivity contribution is 0.374. The third kappa shape index (κ3) is 3.55. The molecule has 0 aliphatic heterocycles. The summed E-state index contributed by atoms with van der Waals surface area (Å²) in [7, 11) is 0. The Morgan fingerprint density at radius 3 is 2.67 bits per heavy atom. The van der Waals surface area contributed by atoms with Gasteiger partial charge in [0.15, 0.2) is 0 Å². The molecule has 0 saturated heterocycles. The maximum absolute atomic E-state index is 5.83. The quantitative estimate of drug-likeness (QED) is 0.903. The Morgan fingerprint density at radius 1 is 1.28 bits per heavy atom. The number of aromatic nitrogens is 2. The fourth-order valence-electron chi connectivity index (χ4n) is 1.54. The van der Waals surface area contributed by atoms with Crippen LogP contribution in [0.2, 0.25) is 5.02 Å². The van der Waals surface area contributed by atoms with Crippen LogP contribution in [0, 0.1) is 0 Å². The molecule has 0 amide bonds. The lowest BCUT2D eigenvalue weighted by atomic mass is 10.2. The van der Waals surface area contributed by atoms with Crippen LogP contribution in [0.5, 0.6) is 0 Å². The van der Waals surface area contributed by atoms with Gasteiger partial charge >= 0.3 is 0 Å². The Kier molecular flexibility index (Phi) is 4.33. The van der Waals surface area contributed by atoms with E-state index in [-0.39, 0.29) is 0 Å². The highest BCUT2D eigenvalue weighted by atomic mass is 35.5. The average Bonchev–Trinajstić information content (AvgIpc) is 2.78. The van der Waals surface area contributed by atoms with Gasteiger partial charge in [0.2, 0.25) is 11.7 Å². The second-order valence-corrected chi connectivity index (χ2v) is 4.81. The first-order valence-corrected chi connectivity index (χ1v) is 6.35. The molecule has 5 heteroatoms. The van der Waals surface area contributed by atoms with Gasteiger partial charge in [-0.05, 0) is 24.3 Å². The number of halogens is 1. The van der Waals surface area contributed by atoms with Crippen LogP contribution in [-0.2, 0) is 6.42 Å². The smallest absolute Gasteiger partial charge is 0.228 e. The molecule has 0 aliphatic carbocycles. The van der Waals surface area contributed by atoms with E-state index in [9.17, 15) is 0 Å². The summed E-state index contributed by atoms with van der Waals surface area (Å²) >= 11 is 5.83. The highest BCUT2D eigenvalue weighted by Gasteiger charge is 2.08. The molecule has 0 bridgehead atoms. The molecule has 1 aromatic heterocycles. The average molecular weight is 266 g/mol. The molecule has 0 aliphatic rings. The third-order valence-corrected chi connectivity index (χ3v) is 2.71. The lowest BCUT2D eigenvalue weighted by Gasteiger charge is -2.04. The predicted molar refractivity (Wildman–Crippen MR) is 71.6 cm³/mol. The molecule has 2 rings (SSSR count). The van der Waals surface area contributed by atoms with Crippen LogP contribution >= 0.6 is 11.6 Å². The minimum Gasteiger partial charge on any atom is -0.339 e. The first-order valence-electron chi connectivity index (χ1n) is 5.97. The summed E-state index contributed by atoms with van der Waals surface area (Å²) < 4.78 is 5.20. The van der Waals surface area contributed by atoms with E-state index in [2.05, 4.69) is 29.3 Å². The molecule has 0 fully saturated rings. The lowest BCUT2D eigenvalue weighted by Crippen LogP contribution is -2.25. The summed E-state index contributed by atoms with van der Waals surface area (Å²) in [6.45, 7) is 5.04. The maximum Gasteiger partial charge on any atom is 0.228 e. The normalized spacial score (nSPS) is 11.1. The monoisotopic (exact) mass is 265 g/mol. The number of hydrogen-bond donors (Lipinski definition) is 1. The zero-order valence-electron chi connectivity index (χ0n) is 10.5. The zero-order valence-corrected chi connectivity index (χ0v) is 11.2. The number of nitrogens with zero attached hydrogens (tertiary/aromatic N) is 2. The van der Waals surface area contributed by atoms with Crippen molar-refractivity contribution in [1.29, 1.82) is 0 Å². The number of rotatable bonds is 5. The molecule has 0 spiro atoms. The maximum atomic E-state index is 5.83. The minimum atomic E-state index is 0.462. The molecule has 0 radical (unpaired) electrons. The Balaban J connectivity index is 1.99. The van der Waals surface area contributed by atoms with E-state index in [1.807, 2.05) is 24.3 Å². The summed E-state index contributed by atoms with van der Waals surface area (Å²) in [5.74, 6) is 1.25. The van der Waals surface area contributed by atoms with Gasteiger partial charge in [-0.25, -0.2) is 0 Å². The minimum absolute atomic E-state index is 0.462. The molecular formula is C13H16ClN3O. The van der Waals surface area contributed by atoms with Crippen LogP contribution in [0.3, 0.4) is 0 Å². The molecular weight excluding hydrogens is 250 g/mol. The van der Waals surface area contributed by atoms with Gasteiger partial charge in [0.05, 0.1) is 0 Å². The molecule has 0 saturated carbocycles. The van der Waals surface area contributed by atoms with Gasteiger partial charge in [-0.2, -0.15) is 4.98 Å². The summed E-state index contributed by atoms with van der Waals surface area (Å²) in [4.78, 5) is 4.35. The van der Waals surface area contributed by atoms with E-state index < -0.39 is 0 Å². The van der Waals surface area contributed by atoms with Gasteiger partial charge in [0.1, 0.15) is 0 Å². The molecule has 1 N–H and O–H groups in total. The summed E-state index contributed by atoms with van der Waals surface area (Å²) in [5.41, 5.74) is 0.909. The second-order valence-electron chi connectivity index (χ2n) is 4.38. The molecule has 2 aromatic rings. The molecule has 0 atom stereocenters.